The number of aryl methyl sites for hydroxylation is 2. The Morgan fingerprint density at radius 1 is 1.37 bits per heavy atom. The molecule has 0 amide bonds. The molecule has 0 bridgehead atoms. The number of nitrogens with zero attached hydrogens (tertiary/aromatic N) is 2. The van der Waals surface area contributed by atoms with E-state index in [1.807, 2.05) is 0 Å². The molecule has 1 aliphatic carbocycles. The van der Waals surface area contributed by atoms with E-state index < -0.39 is 0 Å². The van der Waals surface area contributed by atoms with Crippen molar-refractivity contribution < 1.29 is 0 Å². The van der Waals surface area contributed by atoms with Gasteiger partial charge in [-0.1, -0.05) is 26.2 Å². The first-order valence-corrected chi connectivity index (χ1v) is 7.93. The number of rotatable bonds is 6. The molecule has 3 nitrogen and oxygen atoms in total. The summed E-state index contributed by atoms with van der Waals surface area (Å²) in [6, 6.07) is 2.87. The van der Waals surface area contributed by atoms with Gasteiger partial charge in [-0.3, -0.25) is 4.68 Å². The molecule has 1 aliphatic rings. The van der Waals surface area contributed by atoms with Crippen LogP contribution in [0.1, 0.15) is 56.8 Å². The molecule has 0 radical (unpaired) electrons. The normalized spacial score (nSPS) is 18.7. The lowest BCUT2D eigenvalue weighted by molar-refractivity contribution is 0.264. The average Bonchev–Trinajstić information content (AvgIpc) is 2.73. The van der Waals surface area contributed by atoms with Gasteiger partial charge >= 0.3 is 0 Å². The highest BCUT2D eigenvalue weighted by molar-refractivity contribution is 5.10. The molecule has 1 unspecified atom stereocenters. The summed E-state index contributed by atoms with van der Waals surface area (Å²) in [4.78, 5) is 0. The Labute approximate surface area is 117 Å². The third-order valence-electron chi connectivity index (χ3n) is 4.40. The quantitative estimate of drug-likeness (QED) is 0.854. The molecular weight excluding hydrogens is 234 g/mol. The number of hydrogen-bond donors (Lipinski definition) is 1. The molecule has 0 saturated heterocycles. The van der Waals surface area contributed by atoms with Gasteiger partial charge in [0.05, 0.1) is 5.69 Å². The molecular formula is C16H29N3. The highest BCUT2D eigenvalue weighted by atomic mass is 15.3. The molecule has 1 N–H and O–H groups in total. The fourth-order valence-corrected chi connectivity index (χ4v) is 3.35. The van der Waals surface area contributed by atoms with E-state index in [2.05, 4.69) is 42.1 Å². The van der Waals surface area contributed by atoms with Crippen LogP contribution in [0.2, 0.25) is 0 Å². The van der Waals surface area contributed by atoms with Crippen molar-refractivity contribution in [1.29, 1.82) is 0 Å². The largest absolute Gasteiger partial charge is 0.313 e. The minimum absolute atomic E-state index is 0.634. The maximum Gasteiger partial charge on any atom is 0.0596 e. The van der Waals surface area contributed by atoms with Crippen LogP contribution in [0.5, 0.6) is 0 Å². The van der Waals surface area contributed by atoms with Gasteiger partial charge in [0, 0.05) is 25.2 Å². The maximum absolute atomic E-state index is 4.48. The Morgan fingerprint density at radius 3 is 2.68 bits per heavy atom. The topological polar surface area (TPSA) is 29.9 Å². The Bertz CT molecular complexity index is 377. The van der Waals surface area contributed by atoms with Crippen LogP contribution in [0.15, 0.2) is 6.07 Å². The smallest absolute Gasteiger partial charge is 0.0596 e. The molecule has 3 heteroatoms. The fourth-order valence-electron chi connectivity index (χ4n) is 3.35. The lowest BCUT2D eigenvalue weighted by atomic mass is 9.82. The zero-order valence-electron chi connectivity index (χ0n) is 12.8. The summed E-state index contributed by atoms with van der Waals surface area (Å²) in [5.74, 6) is 0.857. The van der Waals surface area contributed by atoms with Crippen molar-refractivity contribution in [1.82, 2.24) is 15.1 Å². The van der Waals surface area contributed by atoms with Crippen LogP contribution in [0.25, 0.3) is 0 Å². The predicted molar refractivity (Wildman–Crippen MR) is 80.3 cm³/mol. The molecule has 19 heavy (non-hydrogen) atoms. The van der Waals surface area contributed by atoms with Crippen molar-refractivity contribution in [2.45, 2.75) is 64.8 Å². The van der Waals surface area contributed by atoms with Gasteiger partial charge in [-0.2, -0.15) is 5.10 Å². The summed E-state index contributed by atoms with van der Waals surface area (Å²) < 4.78 is 2.05. The zero-order valence-corrected chi connectivity index (χ0v) is 12.8. The monoisotopic (exact) mass is 263 g/mol. The Balaban J connectivity index is 2.01. The van der Waals surface area contributed by atoms with Crippen molar-refractivity contribution in [3.05, 3.63) is 17.5 Å². The van der Waals surface area contributed by atoms with Gasteiger partial charge in [0.2, 0.25) is 0 Å². The van der Waals surface area contributed by atoms with Crippen LogP contribution in [0.3, 0.4) is 0 Å². The minimum Gasteiger partial charge on any atom is -0.313 e. The first kappa shape index (κ1) is 14.6. The van der Waals surface area contributed by atoms with Crippen LogP contribution < -0.4 is 5.32 Å². The maximum atomic E-state index is 4.48. The van der Waals surface area contributed by atoms with E-state index in [0.717, 1.165) is 24.6 Å². The van der Waals surface area contributed by atoms with Crippen LogP contribution >= 0.6 is 0 Å². The minimum atomic E-state index is 0.634. The Kier molecular flexibility index (Phi) is 5.44. The second-order valence-corrected chi connectivity index (χ2v) is 6.06. The highest BCUT2D eigenvalue weighted by Crippen LogP contribution is 2.28. The lowest BCUT2D eigenvalue weighted by Crippen LogP contribution is -2.39. The molecule has 108 valence electrons. The lowest BCUT2D eigenvalue weighted by Gasteiger charge is -2.31. The molecule has 0 spiro atoms. The molecule has 2 rings (SSSR count). The van der Waals surface area contributed by atoms with Crippen molar-refractivity contribution >= 4 is 0 Å². The summed E-state index contributed by atoms with van der Waals surface area (Å²) in [6.07, 6.45) is 9.41. The van der Waals surface area contributed by atoms with Crippen LogP contribution in [0.4, 0.5) is 0 Å². The van der Waals surface area contributed by atoms with Gasteiger partial charge < -0.3 is 5.32 Å². The van der Waals surface area contributed by atoms with Gasteiger partial charge in [0.1, 0.15) is 0 Å². The molecule has 0 aliphatic heterocycles. The van der Waals surface area contributed by atoms with E-state index in [0.29, 0.717) is 6.04 Å². The standard InChI is InChI=1S/C16H29N3/c1-4-10-17-16(14-8-6-5-7-9-14)12-15-11-13(2)18-19(15)3/h11,14,16-17H,4-10,12H2,1-3H3. The second kappa shape index (κ2) is 7.09. The second-order valence-electron chi connectivity index (χ2n) is 6.06. The molecule has 1 aromatic heterocycles. The fraction of sp³-hybridized carbons (Fsp3) is 0.812. The van der Waals surface area contributed by atoms with Crippen LogP contribution in [-0.2, 0) is 13.5 Å². The van der Waals surface area contributed by atoms with Crippen molar-refractivity contribution in [2.75, 3.05) is 6.54 Å². The molecule has 0 aromatic carbocycles. The number of aromatic nitrogens is 2. The summed E-state index contributed by atoms with van der Waals surface area (Å²) in [7, 11) is 2.07. The Hall–Kier alpha value is -0.830. The van der Waals surface area contributed by atoms with Gasteiger partial charge in [-0.25, -0.2) is 0 Å². The van der Waals surface area contributed by atoms with Crippen LogP contribution in [-0.4, -0.2) is 22.4 Å². The number of hydrogen-bond acceptors (Lipinski definition) is 2. The molecule has 1 fully saturated rings. The first-order valence-electron chi connectivity index (χ1n) is 7.93. The first-order chi connectivity index (χ1) is 9.20. The van der Waals surface area contributed by atoms with Crippen molar-refractivity contribution in [3.63, 3.8) is 0 Å². The Morgan fingerprint density at radius 2 is 2.11 bits per heavy atom. The summed E-state index contributed by atoms with van der Waals surface area (Å²) >= 11 is 0. The van der Waals surface area contributed by atoms with E-state index in [4.69, 9.17) is 0 Å². The van der Waals surface area contributed by atoms with Gasteiger partial charge in [0.15, 0.2) is 0 Å². The van der Waals surface area contributed by atoms with E-state index in [-0.39, 0.29) is 0 Å². The van der Waals surface area contributed by atoms with Gasteiger partial charge in [0.25, 0.3) is 0 Å². The SMILES string of the molecule is CCCNC(Cc1cc(C)nn1C)C1CCCCC1. The summed E-state index contributed by atoms with van der Waals surface area (Å²) in [5, 5.41) is 8.26. The molecule has 1 saturated carbocycles. The van der Waals surface area contributed by atoms with Crippen molar-refractivity contribution in [2.24, 2.45) is 13.0 Å². The van der Waals surface area contributed by atoms with E-state index in [1.165, 1.54) is 44.2 Å². The summed E-state index contributed by atoms with van der Waals surface area (Å²) in [6.45, 7) is 5.47. The predicted octanol–water partition coefficient (Wildman–Crippen LogP) is 3.22. The summed E-state index contributed by atoms with van der Waals surface area (Å²) in [5.41, 5.74) is 2.51. The number of nitrogens with one attached hydrogen (secondary N) is 1. The van der Waals surface area contributed by atoms with Crippen LogP contribution in [0, 0.1) is 12.8 Å². The highest BCUT2D eigenvalue weighted by Gasteiger charge is 2.24. The average molecular weight is 263 g/mol. The third-order valence-corrected chi connectivity index (χ3v) is 4.40. The zero-order chi connectivity index (χ0) is 13.7. The van der Waals surface area contributed by atoms with Gasteiger partial charge in [-0.15, -0.1) is 0 Å². The van der Waals surface area contributed by atoms with E-state index in [1.54, 1.807) is 0 Å². The molecule has 1 heterocycles. The third kappa shape index (κ3) is 4.07. The molecule has 1 atom stereocenters. The van der Waals surface area contributed by atoms with Crippen molar-refractivity contribution in [3.8, 4) is 0 Å². The van der Waals surface area contributed by atoms with E-state index in [9.17, 15) is 0 Å². The van der Waals surface area contributed by atoms with E-state index >= 15 is 0 Å². The molecule has 1 aromatic rings. The van der Waals surface area contributed by atoms with Gasteiger partial charge in [-0.05, 0) is 44.7 Å².